The molecule has 2 fully saturated rings. The standard InChI is InChI=1S/C36H28FN7O5/c1-36(2,35(49)40-28-10-9-22(15-38)23-5-3-4-6-24(23)28)43-19-20(16-39-43)7-8-21-17-42(18-21)30-14-26-25(13-27(30)37)33(47)44(34(26)48)29-11-12-31(45)41-32(29)46/h3-6,9-10,13-14,16,19,21,29H,11-12,17-18H2,1-2H3,(H,40,49)(H,41,45,46). The predicted molar refractivity (Wildman–Crippen MR) is 174 cm³/mol. The predicted octanol–water partition coefficient (Wildman–Crippen LogP) is 3.31. The maximum Gasteiger partial charge on any atom is 0.262 e. The number of nitrogens with zero attached hydrogens (tertiary/aromatic N) is 5. The molecule has 0 spiro atoms. The Hall–Kier alpha value is -6.34. The molecule has 0 bridgehead atoms. The fourth-order valence-corrected chi connectivity index (χ4v) is 6.25. The van der Waals surface area contributed by atoms with Crippen LogP contribution in [0.2, 0.25) is 0 Å². The molecule has 13 heteroatoms. The summed E-state index contributed by atoms with van der Waals surface area (Å²) in [5, 5.41) is 20.4. The molecule has 1 atom stereocenters. The van der Waals surface area contributed by atoms with Crippen LogP contribution in [0.15, 0.2) is 60.9 Å². The number of rotatable bonds is 5. The maximum absolute atomic E-state index is 15.2. The van der Waals surface area contributed by atoms with E-state index in [1.54, 1.807) is 43.3 Å². The third-order valence-corrected chi connectivity index (χ3v) is 9.15. The molecule has 1 aromatic heterocycles. The topological polar surface area (TPSA) is 158 Å². The van der Waals surface area contributed by atoms with Gasteiger partial charge in [0.25, 0.3) is 17.7 Å². The van der Waals surface area contributed by atoms with Crippen LogP contribution < -0.4 is 15.5 Å². The van der Waals surface area contributed by atoms with Gasteiger partial charge in [-0.1, -0.05) is 36.1 Å². The molecule has 12 nitrogen and oxygen atoms in total. The van der Waals surface area contributed by atoms with Crippen molar-refractivity contribution in [3.63, 3.8) is 0 Å². The van der Waals surface area contributed by atoms with Crippen molar-refractivity contribution < 1.29 is 28.4 Å². The minimum absolute atomic E-state index is 0.00655. The number of aromatic nitrogens is 2. The minimum atomic E-state index is -1.13. The van der Waals surface area contributed by atoms with Crippen molar-refractivity contribution in [1.82, 2.24) is 20.0 Å². The number of halogens is 1. The van der Waals surface area contributed by atoms with Gasteiger partial charge >= 0.3 is 0 Å². The summed E-state index contributed by atoms with van der Waals surface area (Å²) < 4.78 is 16.7. The number of piperidine rings is 1. The molecule has 2 saturated heterocycles. The van der Waals surface area contributed by atoms with Gasteiger partial charge in [0.1, 0.15) is 17.4 Å². The quantitative estimate of drug-likeness (QED) is 0.245. The molecule has 244 valence electrons. The average molecular weight is 658 g/mol. The molecule has 3 aliphatic heterocycles. The average Bonchev–Trinajstić information content (AvgIpc) is 3.63. The Labute approximate surface area is 279 Å². The molecule has 49 heavy (non-hydrogen) atoms. The van der Waals surface area contributed by atoms with E-state index in [4.69, 9.17) is 0 Å². The molecule has 4 aromatic rings. The smallest absolute Gasteiger partial charge is 0.262 e. The number of amides is 5. The first-order valence-electron chi connectivity index (χ1n) is 15.6. The largest absolute Gasteiger partial charge is 0.367 e. The van der Waals surface area contributed by atoms with Crippen LogP contribution in [0, 0.1) is 34.9 Å². The number of anilines is 2. The van der Waals surface area contributed by atoms with E-state index >= 15 is 4.39 Å². The first-order valence-corrected chi connectivity index (χ1v) is 15.6. The molecule has 7 rings (SSSR count). The van der Waals surface area contributed by atoms with Gasteiger partial charge in [-0.05, 0) is 44.5 Å². The van der Waals surface area contributed by atoms with Crippen LogP contribution in [0.5, 0.6) is 0 Å². The number of nitrogens with one attached hydrogen (secondary N) is 2. The van der Waals surface area contributed by atoms with Gasteiger partial charge in [0.05, 0.1) is 46.1 Å². The Morgan fingerprint density at radius 2 is 1.76 bits per heavy atom. The second-order valence-electron chi connectivity index (χ2n) is 12.7. The summed E-state index contributed by atoms with van der Waals surface area (Å²) in [6.07, 6.45) is 3.24. The van der Waals surface area contributed by atoms with Crippen LogP contribution in [0.1, 0.15) is 58.5 Å². The number of nitriles is 1. The second kappa shape index (κ2) is 11.7. The number of fused-ring (bicyclic) bond motifs is 2. The first kappa shape index (κ1) is 31.3. The number of hydrogen-bond acceptors (Lipinski definition) is 8. The molecule has 0 aliphatic carbocycles. The van der Waals surface area contributed by atoms with Crippen LogP contribution in [0.4, 0.5) is 15.8 Å². The molecule has 1 unspecified atom stereocenters. The third-order valence-electron chi connectivity index (χ3n) is 9.15. The van der Waals surface area contributed by atoms with Crippen LogP contribution in [-0.2, 0) is 19.9 Å². The van der Waals surface area contributed by atoms with Crippen molar-refractivity contribution >= 4 is 51.7 Å². The van der Waals surface area contributed by atoms with Crippen molar-refractivity contribution in [2.45, 2.75) is 38.3 Å². The lowest BCUT2D eigenvalue weighted by molar-refractivity contribution is -0.136. The van der Waals surface area contributed by atoms with Crippen molar-refractivity contribution in [3.8, 4) is 17.9 Å². The van der Waals surface area contributed by atoms with Crippen molar-refractivity contribution in [2.24, 2.45) is 5.92 Å². The SMILES string of the molecule is CC(C)(C(=O)Nc1ccc(C#N)c2ccccc12)n1cc(C#CC2CN(c3cc4c(cc3F)C(=O)N(C3CCC(=O)NC3=O)C4=O)C2)cn1. The second-order valence-corrected chi connectivity index (χ2v) is 12.7. The highest BCUT2D eigenvalue weighted by atomic mass is 19.1. The molecular formula is C36H28FN7O5. The van der Waals surface area contributed by atoms with Crippen molar-refractivity contribution in [1.29, 1.82) is 5.26 Å². The third kappa shape index (κ3) is 5.35. The van der Waals surface area contributed by atoms with Gasteiger partial charge in [-0.25, -0.2) is 4.39 Å². The summed E-state index contributed by atoms with van der Waals surface area (Å²) in [6, 6.07) is 14.1. The maximum atomic E-state index is 15.2. The minimum Gasteiger partial charge on any atom is -0.367 e. The first-order chi connectivity index (χ1) is 23.5. The van der Waals surface area contributed by atoms with Crippen LogP contribution in [-0.4, -0.2) is 63.3 Å². The van der Waals surface area contributed by atoms with Gasteiger partial charge in [-0.3, -0.25) is 38.9 Å². The van der Waals surface area contributed by atoms with Gasteiger partial charge < -0.3 is 10.2 Å². The lowest BCUT2D eigenvalue weighted by atomic mass is 9.98. The Morgan fingerprint density at radius 1 is 1.04 bits per heavy atom. The normalized spacial score (nSPS) is 17.6. The monoisotopic (exact) mass is 657 g/mol. The fraction of sp³-hybridized carbons (Fsp3) is 0.250. The summed E-state index contributed by atoms with van der Waals surface area (Å²) in [5.41, 5.74) is 0.638. The summed E-state index contributed by atoms with van der Waals surface area (Å²) in [6.45, 7) is 4.22. The van der Waals surface area contributed by atoms with Gasteiger partial charge in [0.2, 0.25) is 11.8 Å². The van der Waals surface area contributed by atoms with Gasteiger partial charge in [-0.15, -0.1) is 0 Å². The van der Waals surface area contributed by atoms with Gasteiger partial charge in [0, 0.05) is 42.2 Å². The summed E-state index contributed by atoms with van der Waals surface area (Å²) in [4.78, 5) is 65.9. The molecule has 4 heterocycles. The van der Waals surface area contributed by atoms with Gasteiger partial charge in [-0.2, -0.15) is 10.4 Å². The number of hydrogen-bond donors (Lipinski definition) is 2. The Balaban J connectivity index is 1.01. The zero-order chi connectivity index (χ0) is 34.6. The van der Waals surface area contributed by atoms with Crippen molar-refractivity contribution in [2.75, 3.05) is 23.3 Å². The molecule has 3 aliphatic rings. The fourth-order valence-electron chi connectivity index (χ4n) is 6.25. The summed E-state index contributed by atoms with van der Waals surface area (Å²) in [7, 11) is 0. The summed E-state index contributed by atoms with van der Waals surface area (Å²) >= 11 is 0. The Morgan fingerprint density at radius 3 is 2.47 bits per heavy atom. The number of benzene rings is 3. The highest BCUT2D eigenvalue weighted by molar-refractivity contribution is 6.23. The highest BCUT2D eigenvalue weighted by Crippen LogP contribution is 2.35. The Bertz CT molecular complexity index is 2240. The van der Waals surface area contributed by atoms with E-state index < -0.39 is 41.0 Å². The Kier molecular flexibility index (Phi) is 7.48. The lowest BCUT2D eigenvalue weighted by Gasteiger charge is -2.38. The van der Waals surface area contributed by atoms with Crippen LogP contribution >= 0.6 is 0 Å². The van der Waals surface area contributed by atoms with E-state index in [1.165, 1.54) is 10.7 Å². The van der Waals surface area contributed by atoms with Crippen LogP contribution in [0.25, 0.3) is 10.8 Å². The zero-order valence-electron chi connectivity index (χ0n) is 26.4. The number of imide groups is 2. The van der Waals surface area contributed by atoms with E-state index in [0.29, 0.717) is 29.9 Å². The van der Waals surface area contributed by atoms with E-state index in [9.17, 15) is 29.2 Å². The molecule has 5 amide bonds. The molecule has 0 saturated carbocycles. The molecular weight excluding hydrogens is 629 g/mol. The highest BCUT2D eigenvalue weighted by Gasteiger charge is 2.45. The zero-order valence-corrected chi connectivity index (χ0v) is 26.4. The molecule has 2 N–H and O–H groups in total. The van der Waals surface area contributed by atoms with E-state index in [1.807, 2.05) is 24.3 Å². The molecule has 3 aromatic carbocycles. The number of carbonyl (C=O) groups is 5. The van der Waals surface area contributed by atoms with Gasteiger partial charge in [0.15, 0.2) is 0 Å². The van der Waals surface area contributed by atoms with E-state index in [0.717, 1.165) is 21.7 Å². The van der Waals surface area contributed by atoms with Crippen LogP contribution in [0.3, 0.4) is 0 Å². The lowest BCUT2D eigenvalue weighted by Crippen LogP contribution is -2.54. The number of carbonyl (C=O) groups excluding carboxylic acids is 5. The van der Waals surface area contributed by atoms with E-state index in [-0.39, 0.29) is 41.5 Å². The van der Waals surface area contributed by atoms with E-state index in [2.05, 4.69) is 33.6 Å². The van der Waals surface area contributed by atoms with Crippen molar-refractivity contribution in [3.05, 3.63) is 89.0 Å². The summed E-state index contributed by atoms with van der Waals surface area (Å²) in [5.74, 6) is 2.45. The molecule has 0 radical (unpaired) electrons.